The number of ketones is 1. The molecule has 26 heavy (non-hydrogen) atoms. The van der Waals surface area contributed by atoms with Crippen LogP contribution in [0.1, 0.15) is 41.3 Å². The Morgan fingerprint density at radius 3 is 2.58 bits per heavy atom. The van der Waals surface area contributed by atoms with Crippen molar-refractivity contribution in [2.75, 3.05) is 18.5 Å². The van der Waals surface area contributed by atoms with Crippen molar-refractivity contribution < 1.29 is 14.3 Å². The van der Waals surface area contributed by atoms with Gasteiger partial charge in [0.2, 0.25) is 0 Å². The van der Waals surface area contributed by atoms with Gasteiger partial charge in [0.25, 0.3) is 0 Å². The molecule has 0 fully saturated rings. The van der Waals surface area contributed by atoms with E-state index in [4.69, 9.17) is 4.74 Å². The van der Waals surface area contributed by atoms with Crippen LogP contribution in [0.3, 0.4) is 0 Å². The summed E-state index contributed by atoms with van der Waals surface area (Å²) in [4.78, 5) is 23.2. The number of ether oxygens (including phenoxy) is 1. The molecular weight excluding hydrogens is 328 g/mol. The summed E-state index contributed by atoms with van der Waals surface area (Å²) in [5, 5.41) is 5.52. The van der Waals surface area contributed by atoms with Crippen molar-refractivity contribution in [1.82, 2.24) is 5.32 Å². The molecule has 0 aliphatic heterocycles. The summed E-state index contributed by atoms with van der Waals surface area (Å²) in [5.41, 5.74) is 3.96. The first-order valence-corrected chi connectivity index (χ1v) is 9.03. The largest absolute Gasteiger partial charge is 0.491 e. The number of benzene rings is 2. The van der Waals surface area contributed by atoms with Gasteiger partial charge in [0.1, 0.15) is 12.4 Å². The van der Waals surface area contributed by atoms with E-state index in [2.05, 4.69) is 16.7 Å². The summed E-state index contributed by atoms with van der Waals surface area (Å²) in [6, 6.07) is 12.7. The van der Waals surface area contributed by atoms with Gasteiger partial charge in [-0.05, 0) is 74.1 Å². The van der Waals surface area contributed by atoms with Crippen LogP contribution in [-0.2, 0) is 12.8 Å². The van der Waals surface area contributed by atoms with Gasteiger partial charge in [-0.15, -0.1) is 0 Å². The van der Waals surface area contributed by atoms with Crippen LogP contribution in [0.5, 0.6) is 5.75 Å². The molecule has 2 N–H and O–H groups in total. The van der Waals surface area contributed by atoms with E-state index in [9.17, 15) is 9.59 Å². The van der Waals surface area contributed by atoms with Crippen molar-refractivity contribution in [3.63, 3.8) is 0 Å². The van der Waals surface area contributed by atoms with Crippen LogP contribution in [0.2, 0.25) is 0 Å². The van der Waals surface area contributed by atoms with E-state index in [1.54, 1.807) is 24.3 Å². The number of urea groups is 1. The average Bonchev–Trinajstić information content (AvgIpc) is 2.66. The van der Waals surface area contributed by atoms with E-state index >= 15 is 0 Å². The zero-order valence-corrected chi connectivity index (χ0v) is 15.0. The number of nitrogens with one attached hydrogen (secondary N) is 2. The molecule has 0 atom stereocenters. The van der Waals surface area contributed by atoms with Crippen LogP contribution < -0.4 is 15.4 Å². The number of carbonyl (C=O) groups excluding carboxylic acids is 2. The van der Waals surface area contributed by atoms with Crippen molar-refractivity contribution in [2.24, 2.45) is 0 Å². The molecule has 0 aromatic heterocycles. The first kappa shape index (κ1) is 18.0. The second-order valence-corrected chi connectivity index (χ2v) is 6.46. The third-order valence-corrected chi connectivity index (χ3v) is 4.55. The molecule has 2 amide bonds. The first-order valence-electron chi connectivity index (χ1n) is 9.03. The highest BCUT2D eigenvalue weighted by Crippen LogP contribution is 2.29. The molecular formula is C21H24N2O3. The molecule has 0 saturated heterocycles. The molecule has 3 rings (SSSR count). The van der Waals surface area contributed by atoms with Crippen molar-refractivity contribution in [2.45, 2.75) is 32.6 Å². The summed E-state index contributed by atoms with van der Waals surface area (Å²) in [7, 11) is 0. The molecule has 136 valence electrons. The Balaban J connectivity index is 1.44. The minimum atomic E-state index is -0.292. The monoisotopic (exact) mass is 352 g/mol. The third-order valence-electron chi connectivity index (χ3n) is 4.55. The van der Waals surface area contributed by atoms with E-state index in [1.807, 2.05) is 12.1 Å². The van der Waals surface area contributed by atoms with E-state index < -0.39 is 0 Å². The lowest BCUT2D eigenvalue weighted by Crippen LogP contribution is -2.32. The number of anilines is 1. The number of aryl methyl sites for hydroxylation is 1. The highest BCUT2D eigenvalue weighted by atomic mass is 16.5. The zero-order chi connectivity index (χ0) is 18.4. The summed E-state index contributed by atoms with van der Waals surface area (Å²) in [6.45, 7) is 2.35. The summed E-state index contributed by atoms with van der Waals surface area (Å²) in [6.07, 6.45) is 4.63. The van der Waals surface area contributed by atoms with Crippen LogP contribution >= 0.6 is 0 Å². The smallest absolute Gasteiger partial charge is 0.319 e. The van der Waals surface area contributed by atoms with E-state index in [-0.39, 0.29) is 11.8 Å². The molecule has 0 bridgehead atoms. The van der Waals surface area contributed by atoms with Gasteiger partial charge in [-0.25, -0.2) is 4.79 Å². The standard InChI is InChI=1S/C21H24N2O3/c1-15(24)16-9-11-18(12-10-16)23-21(25)22-13-14-26-20-8-4-6-17-5-2-3-7-19(17)20/h4,6,8-12H,2-3,5,7,13-14H2,1H3,(H2,22,23,25). The van der Waals surface area contributed by atoms with Gasteiger partial charge < -0.3 is 15.4 Å². The predicted molar refractivity (Wildman–Crippen MR) is 102 cm³/mol. The van der Waals surface area contributed by atoms with Crippen LogP contribution in [0.4, 0.5) is 10.5 Å². The van der Waals surface area contributed by atoms with Gasteiger partial charge in [0, 0.05) is 11.3 Å². The minimum Gasteiger partial charge on any atom is -0.491 e. The molecule has 0 radical (unpaired) electrons. The topological polar surface area (TPSA) is 67.4 Å². The molecule has 0 heterocycles. The second kappa shape index (κ2) is 8.52. The SMILES string of the molecule is CC(=O)c1ccc(NC(=O)NCCOc2cccc3c2CCCC3)cc1. The second-order valence-electron chi connectivity index (χ2n) is 6.46. The molecule has 5 heteroatoms. The molecule has 0 unspecified atom stereocenters. The van der Waals surface area contributed by atoms with Gasteiger partial charge in [-0.3, -0.25) is 4.79 Å². The fourth-order valence-electron chi connectivity index (χ4n) is 3.17. The highest BCUT2D eigenvalue weighted by molar-refractivity contribution is 5.95. The van der Waals surface area contributed by atoms with E-state index in [1.165, 1.54) is 30.9 Å². The number of rotatable bonds is 6. The predicted octanol–water partition coefficient (Wildman–Crippen LogP) is 3.97. The molecule has 2 aromatic rings. The Morgan fingerprint density at radius 1 is 1.04 bits per heavy atom. The zero-order valence-electron chi connectivity index (χ0n) is 15.0. The lowest BCUT2D eigenvalue weighted by Gasteiger charge is -2.19. The van der Waals surface area contributed by atoms with Gasteiger partial charge in [0.15, 0.2) is 5.78 Å². The first-order chi connectivity index (χ1) is 12.6. The van der Waals surface area contributed by atoms with Gasteiger partial charge >= 0.3 is 6.03 Å². The van der Waals surface area contributed by atoms with Crippen molar-refractivity contribution >= 4 is 17.5 Å². The van der Waals surface area contributed by atoms with Crippen LogP contribution in [0, 0.1) is 0 Å². The van der Waals surface area contributed by atoms with Crippen molar-refractivity contribution in [1.29, 1.82) is 0 Å². The highest BCUT2D eigenvalue weighted by Gasteiger charge is 2.13. The number of carbonyl (C=O) groups is 2. The Hall–Kier alpha value is -2.82. The Morgan fingerprint density at radius 2 is 1.81 bits per heavy atom. The van der Waals surface area contributed by atoms with Crippen molar-refractivity contribution in [3.05, 3.63) is 59.2 Å². The fourth-order valence-corrected chi connectivity index (χ4v) is 3.17. The van der Waals surface area contributed by atoms with Gasteiger partial charge in [0.05, 0.1) is 6.54 Å². The molecule has 0 spiro atoms. The van der Waals surface area contributed by atoms with Crippen LogP contribution in [0.15, 0.2) is 42.5 Å². The molecule has 1 aliphatic rings. The van der Waals surface area contributed by atoms with Gasteiger partial charge in [-0.2, -0.15) is 0 Å². The van der Waals surface area contributed by atoms with Crippen molar-refractivity contribution in [3.8, 4) is 5.75 Å². The minimum absolute atomic E-state index is 0.00116. The number of hydrogen-bond acceptors (Lipinski definition) is 3. The molecule has 0 saturated carbocycles. The summed E-state index contributed by atoms with van der Waals surface area (Å²) < 4.78 is 5.87. The number of amides is 2. The van der Waals surface area contributed by atoms with Crippen LogP contribution in [0.25, 0.3) is 0 Å². The summed E-state index contributed by atoms with van der Waals surface area (Å²) in [5.74, 6) is 0.936. The normalized spacial score (nSPS) is 12.8. The van der Waals surface area contributed by atoms with Crippen LogP contribution in [-0.4, -0.2) is 25.0 Å². The Labute approximate surface area is 153 Å². The fraction of sp³-hybridized carbons (Fsp3) is 0.333. The maximum Gasteiger partial charge on any atom is 0.319 e. The van der Waals surface area contributed by atoms with E-state index in [0.717, 1.165) is 18.6 Å². The van der Waals surface area contributed by atoms with Gasteiger partial charge in [-0.1, -0.05) is 12.1 Å². The number of hydrogen-bond donors (Lipinski definition) is 2. The van der Waals surface area contributed by atoms with E-state index in [0.29, 0.717) is 24.4 Å². The third kappa shape index (κ3) is 4.63. The quantitative estimate of drug-likeness (QED) is 0.611. The lowest BCUT2D eigenvalue weighted by atomic mass is 9.91. The number of fused-ring (bicyclic) bond motifs is 1. The maximum atomic E-state index is 11.9. The average molecular weight is 352 g/mol. The molecule has 5 nitrogen and oxygen atoms in total. The molecule has 2 aromatic carbocycles. The Kier molecular flexibility index (Phi) is 5.89. The lowest BCUT2D eigenvalue weighted by molar-refractivity contribution is 0.101. The summed E-state index contributed by atoms with van der Waals surface area (Å²) >= 11 is 0. The Bertz CT molecular complexity index is 784. The molecule has 1 aliphatic carbocycles. The number of Topliss-reactive ketones (excluding diaryl/α,β-unsaturated/α-hetero) is 1. The maximum absolute atomic E-state index is 11.9.